The first kappa shape index (κ1) is 10.1. The molecule has 5 heteroatoms. The van der Waals surface area contributed by atoms with Gasteiger partial charge in [-0.25, -0.2) is 0 Å². The minimum atomic E-state index is 0.0227. The van der Waals surface area contributed by atoms with E-state index in [1.807, 2.05) is 4.68 Å². The molecule has 0 fully saturated rings. The summed E-state index contributed by atoms with van der Waals surface area (Å²) in [5.41, 5.74) is 0.0989. The Hall–Kier alpha value is -0.460. The average molecular weight is 307 g/mol. The third-order valence-electron chi connectivity index (χ3n) is 2.50. The highest BCUT2D eigenvalue weighted by molar-refractivity contribution is 14.1. The molecule has 78 valence electrons. The topological polar surface area (TPSA) is 41.0 Å². The maximum absolute atomic E-state index is 11.4. The van der Waals surface area contributed by atoms with Gasteiger partial charge in [-0.05, 0) is 43.4 Å². The van der Waals surface area contributed by atoms with Crippen molar-refractivity contribution < 1.29 is 0 Å². The lowest BCUT2D eigenvalue weighted by molar-refractivity contribution is 0.515. The Morgan fingerprint density at radius 3 is 2.57 bits per heavy atom. The maximum atomic E-state index is 11.4. The van der Waals surface area contributed by atoms with Gasteiger partial charge in [-0.2, -0.15) is 0 Å². The highest BCUT2D eigenvalue weighted by Crippen LogP contribution is 2.30. The molecule has 0 saturated carbocycles. The van der Waals surface area contributed by atoms with Gasteiger partial charge in [-0.15, -0.1) is 0 Å². The fourth-order valence-electron chi connectivity index (χ4n) is 1.83. The molecule has 1 aromatic heterocycles. The molecule has 1 aliphatic heterocycles. The van der Waals surface area contributed by atoms with Gasteiger partial charge in [0.25, 0.3) is 5.56 Å². The van der Waals surface area contributed by atoms with Crippen molar-refractivity contribution in [3.05, 3.63) is 13.9 Å². The Morgan fingerprint density at radius 1 is 1.36 bits per heavy atom. The zero-order chi connectivity index (χ0) is 10.5. The number of nitrogens with one attached hydrogen (secondary N) is 1. The van der Waals surface area contributed by atoms with E-state index in [2.05, 4.69) is 53.4 Å². The van der Waals surface area contributed by atoms with Crippen LogP contribution in [0.4, 0.5) is 5.82 Å². The molecule has 14 heavy (non-hydrogen) atoms. The first-order chi connectivity index (χ1) is 6.41. The lowest BCUT2D eigenvalue weighted by Crippen LogP contribution is -2.40. The molecule has 0 unspecified atom stereocenters. The Kier molecular flexibility index (Phi) is 2.17. The minimum Gasteiger partial charge on any atom is -0.349 e. The summed E-state index contributed by atoms with van der Waals surface area (Å²) >= 11 is 2.11. The van der Waals surface area contributed by atoms with Gasteiger partial charge in [0.05, 0.1) is 6.54 Å². The number of nitrogens with zero attached hydrogens (tertiary/aromatic N) is 2. The fraction of sp³-hybridized carbons (Fsp3) is 0.667. The summed E-state index contributed by atoms with van der Waals surface area (Å²) in [7, 11) is 0. The van der Waals surface area contributed by atoms with Gasteiger partial charge in [-0.1, -0.05) is 0 Å². The van der Waals surface area contributed by atoms with Gasteiger partial charge in [0, 0.05) is 12.1 Å². The van der Waals surface area contributed by atoms with E-state index >= 15 is 0 Å². The van der Waals surface area contributed by atoms with Crippen LogP contribution in [0.3, 0.4) is 0 Å². The van der Waals surface area contributed by atoms with Crippen molar-refractivity contribution in [1.82, 2.24) is 9.78 Å². The SMILES string of the molecule is CC(C)(C)N1CCn2[nH]c(=O)c(I)c21. The zero-order valence-corrected chi connectivity index (χ0v) is 10.8. The molecule has 0 spiro atoms. The molecule has 0 bridgehead atoms. The summed E-state index contributed by atoms with van der Waals surface area (Å²) < 4.78 is 2.74. The predicted octanol–water partition coefficient (Wildman–Crippen LogP) is 1.40. The summed E-state index contributed by atoms with van der Waals surface area (Å²) in [6.07, 6.45) is 0. The standard InChI is InChI=1S/C9H14IN3O/c1-9(2,3)12-4-5-13-8(12)6(10)7(14)11-13/h4-5H2,1-3H3,(H,11,14). The molecule has 0 amide bonds. The van der Waals surface area contributed by atoms with E-state index in [9.17, 15) is 4.79 Å². The van der Waals surface area contributed by atoms with E-state index in [-0.39, 0.29) is 11.1 Å². The number of aromatic nitrogens is 2. The van der Waals surface area contributed by atoms with Gasteiger partial charge >= 0.3 is 0 Å². The van der Waals surface area contributed by atoms with Gasteiger partial charge in [-0.3, -0.25) is 14.6 Å². The molecule has 0 saturated heterocycles. The lowest BCUT2D eigenvalue weighted by Gasteiger charge is -2.32. The number of halogens is 1. The number of fused-ring (bicyclic) bond motifs is 1. The Morgan fingerprint density at radius 2 is 2.00 bits per heavy atom. The van der Waals surface area contributed by atoms with Crippen LogP contribution in [0.1, 0.15) is 20.8 Å². The molecular weight excluding hydrogens is 293 g/mol. The summed E-state index contributed by atoms with van der Waals surface area (Å²) in [5, 5.41) is 2.84. The lowest BCUT2D eigenvalue weighted by atomic mass is 10.1. The van der Waals surface area contributed by atoms with E-state index in [0.29, 0.717) is 0 Å². The molecule has 1 aliphatic rings. The molecule has 0 radical (unpaired) electrons. The fourth-order valence-corrected chi connectivity index (χ4v) is 2.53. The van der Waals surface area contributed by atoms with Crippen LogP contribution in [0.15, 0.2) is 4.79 Å². The quantitative estimate of drug-likeness (QED) is 0.736. The van der Waals surface area contributed by atoms with Crippen LogP contribution in [-0.2, 0) is 6.54 Å². The van der Waals surface area contributed by atoms with Crippen LogP contribution in [0.2, 0.25) is 0 Å². The summed E-state index contributed by atoms with van der Waals surface area (Å²) in [6, 6.07) is 0. The Labute approximate surface area is 96.4 Å². The molecular formula is C9H14IN3O. The van der Waals surface area contributed by atoms with Gasteiger partial charge in [0.15, 0.2) is 0 Å². The largest absolute Gasteiger partial charge is 0.349 e. The third kappa shape index (κ3) is 1.37. The Bertz CT molecular complexity index is 413. The van der Waals surface area contributed by atoms with E-state index < -0.39 is 0 Å². The average Bonchev–Trinajstić information content (AvgIpc) is 2.54. The van der Waals surface area contributed by atoms with Gasteiger partial charge in [0.1, 0.15) is 9.39 Å². The number of H-pyrrole nitrogens is 1. The molecule has 2 heterocycles. The first-order valence-corrected chi connectivity index (χ1v) is 5.75. The molecule has 0 aromatic carbocycles. The van der Waals surface area contributed by atoms with Crippen molar-refractivity contribution in [3.8, 4) is 0 Å². The highest BCUT2D eigenvalue weighted by atomic mass is 127. The molecule has 1 aromatic rings. The molecule has 0 aliphatic carbocycles. The second kappa shape index (κ2) is 3.01. The van der Waals surface area contributed by atoms with Crippen molar-refractivity contribution in [3.63, 3.8) is 0 Å². The minimum absolute atomic E-state index is 0.0227. The first-order valence-electron chi connectivity index (χ1n) is 4.67. The van der Waals surface area contributed by atoms with Crippen LogP contribution < -0.4 is 10.5 Å². The number of hydrogen-bond acceptors (Lipinski definition) is 2. The monoisotopic (exact) mass is 307 g/mol. The zero-order valence-electron chi connectivity index (χ0n) is 8.59. The van der Waals surface area contributed by atoms with Crippen LogP contribution >= 0.6 is 22.6 Å². The molecule has 0 atom stereocenters. The van der Waals surface area contributed by atoms with E-state index in [1.54, 1.807) is 0 Å². The number of aromatic amines is 1. The van der Waals surface area contributed by atoms with Crippen molar-refractivity contribution >= 4 is 28.4 Å². The second-order valence-electron chi connectivity index (χ2n) is 4.55. The van der Waals surface area contributed by atoms with Gasteiger partial charge in [0.2, 0.25) is 0 Å². The van der Waals surface area contributed by atoms with Crippen LogP contribution in [0.25, 0.3) is 0 Å². The summed E-state index contributed by atoms with van der Waals surface area (Å²) in [6.45, 7) is 8.35. The van der Waals surface area contributed by atoms with Crippen LogP contribution in [0.5, 0.6) is 0 Å². The summed E-state index contributed by atoms with van der Waals surface area (Å²) in [5.74, 6) is 1.04. The van der Waals surface area contributed by atoms with Crippen molar-refractivity contribution in [2.45, 2.75) is 32.9 Å². The van der Waals surface area contributed by atoms with Crippen LogP contribution in [0, 0.1) is 3.57 Å². The molecule has 1 N–H and O–H groups in total. The predicted molar refractivity (Wildman–Crippen MR) is 64.9 cm³/mol. The van der Waals surface area contributed by atoms with Crippen molar-refractivity contribution in [1.29, 1.82) is 0 Å². The van der Waals surface area contributed by atoms with E-state index in [1.165, 1.54) is 0 Å². The molecule has 4 nitrogen and oxygen atoms in total. The smallest absolute Gasteiger partial charge is 0.279 e. The Balaban J connectivity index is 2.53. The normalized spacial score (nSPS) is 16.1. The summed E-state index contributed by atoms with van der Waals surface area (Å²) in [4.78, 5) is 13.7. The molecule has 2 rings (SSSR count). The maximum Gasteiger partial charge on any atom is 0.279 e. The number of rotatable bonds is 0. The van der Waals surface area contributed by atoms with Crippen molar-refractivity contribution in [2.24, 2.45) is 0 Å². The van der Waals surface area contributed by atoms with Gasteiger partial charge < -0.3 is 4.90 Å². The van der Waals surface area contributed by atoms with Crippen LogP contribution in [-0.4, -0.2) is 21.9 Å². The second-order valence-corrected chi connectivity index (χ2v) is 5.63. The third-order valence-corrected chi connectivity index (χ3v) is 3.47. The number of anilines is 1. The highest BCUT2D eigenvalue weighted by Gasteiger charge is 2.32. The van der Waals surface area contributed by atoms with Crippen molar-refractivity contribution in [2.75, 3.05) is 11.4 Å². The van der Waals surface area contributed by atoms with E-state index in [0.717, 1.165) is 22.5 Å². The number of hydrogen-bond donors (Lipinski definition) is 1. The van der Waals surface area contributed by atoms with E-state index in [4.69, 9.17) is 0 Å².